The standard InChI is InChI=1S/C13H10ClF3N4O/c14-11-6(15)8-5(4-18-11)12(20-13(17)19-8)21-2-1-3-22-10-7(16)9(10)21/h4,7,9-10H,1-3H2. The van der Waals surface area contributed by atoms with E-state index in [1.807, 2.05) is 0 Å². The van der Waals surface area contributed by atoms with Gasteiger partial charge in [-0.05, 0) is 6.42 Å². The summed E-state index contributed by atoms with van der Waals surface area (Å²) in [6.45, 7) is 0.847. The molecule has 3 atom stereocenters. The monoisotopic (exact) mass is 330 g/mol. The van der Waals surface area contributed by atoms with E-state index in [0.717, 1.165) is 0 Å². The van der Waals surface area contributed by atoms with Gasteiger partial charge in [0, 0.05) is 19.3 Å². The Hall–Kier alpha value is -1.67. The molecule has 5 nitrogen and oxygen atoms in total. The number of halogens is 4. The lowest BCUT2D eigenvalue weighted by Gasteiger charge is -2.23. The molecule has 4 rings (SSSR count). The molecule has 2 aliphatic rings. The minimum Gasteiger partial charge on any atom is -0.373 e. The largest absolute Gasteiger partial charge is 0.373 e. The molecule has 0 amide bonds. The van der Waals surface area contributed by atoms with Crippen LogP contribution in [0.3, 0.4) is 0 Å². The van der Waals surface area contributed by atoms with Gasteiger partial charge in [0.2, 0.25) is 0 Å². The molecule has 0 aromatic carbocycles. The highest BCUT2D eigenvalue weighted by molar-refractivity contribution is 6.30. The second kappa shape index (κ2) is 4.92. The van der Waals surface area contributed by atoms with Crippen molar-refractivity contribution in [3.8, 4) is 0 Å². The van der Waals surface area contributed by atoms with E-state index in [1.165, 1.54) is 6.20 Å². The zero-order chi connectivity index (χ0) is 15.4. The Balaban J connectivity index is 1.89. The molecule has 3 unspecified atom stereocenters. The van der Waals surface area contributed by atoms with E-state index in [4.69, 9.17) is 16.3 Å². The third-order valence-electron chi connectivity index (χ3n) is 3.92. The lowest BCUT2D eigenvalue weighted by atomic mass is 10.2. The van der Waals surface area contributed by atoms with Crippen molar-refractivity contribution in [2.45, 2.75) is 24.7 Å². The third kappa shape index (κ3) is 2.01. The van der Waals surface area contributed by atoms with Gasteiger partial charge in [0.15, 0.2) is 17.1 Å². The zero-order valence-corrected chi connectivity index (χ0v) is 11.9. The fourth-order valence-electron chi connectivity index (χ4n) is 2.84. The molecule has 2 aromatic rings. The molecule has 1 saturated heterocycles. The molecule has 1 aliphatic heterocycles. The predicted octanol–water partition coefficient (Wildman–Crippen LogP) is 2.27. The minimum atomic E-state index is -1.17. The van der Waals surface area contributed by atoms with Crippen LogP contribution in [0.2, 0.25) is 5.15 Å². The Morgan fingerprint density at radius 3 is 2.95 bits per heavy atom. The molecule has 2 aromatic heterocycles. The molecular formula is C13H10ClF3N4O. The molecular weight excluding hydrogens is 321 g/mol. The second-order valence-electron chi connectivity index (χ2n) is 5.26. The van der Waals surface area contributed by atoms with E-state index in [1.54, 1.807) is 4.90 Å². The van der Waals surface area contributed by atoms with E-state index in [0.29, 0.717) is 19.6 Å². The van der Waals surface area contributed by atoms with E-state index < -0.39 is 35.4 Å². The molecule has 2 fully saturated rings. The van der Waals surface area contributed by atoms with Crippen molar-refractivity contribution in [2.75, 3.05) is 18.1 Å². The van der Waals surface area contributed by atoms with E-state index >= 15 is 0 Å². The lowest BCUT2D eigenvalue weighted by Crippen LogP contribution is -2.30. The maximum Gasteiger partial charge on any atom is 0.311 e. The van der Waals surface area contributed by atoms with E-state index in [-0.39, 0.29) is 16.7 Å². The Kier molecular flexibility index (Phi) is 3.12. The molecule has 0 radical (unpaired) electrons. The van der Waals surface area contributed by atoms with Crippen LogP contribution in [0.4, 0.5) is 19.0 Å². The summed E-state index contributed by atoms with van der Waals surface area (Å²) in [5, 5.41) is -0.202. The van der Waals surface area contributed by atoms with Crippen LogP contribution in [0.5, 0.6) is 0 Å². The number of hydrogen-bond acceptors (Lipinski definition) is 5. The number of alkyl halides is 1. The van der Waals surface area contributed by atoms with Crippen molar-refractivity contribution in [2.24, 2.45) is 0 Å². The van der Waals surface area contributed by atoms with Crippen molar-refractivity contribution in [3.05, 3.63) is 23.2 Å². The van der Waals surface area contributed by atoms with Gasteiger partial charge in [-0.1, -0.05) is 11.6 Å². The highest BCUT2D eigenvalue weighted by Gasteiger charge is 2.57. The van der Waals surface area contributed by atoms with Crippen LogP contribution in [0.25, 0.3) is 10.9 Å². The van der Waals surface area contributed by atoms with Gasteiger partial charge in [0.05, 0.1) is 11.4 Å². The number of ether oxygens (including phenoxy) is 1. The third-order valence-corrected chi connectivity index (χ3v) is 4.18. The topological polar surface area (TPSA) is 51.1 Å². The van der Waals surface area contributed by atoms with E-state index in [2.05, 4.69) is 15.0 Å². The van der Waals surface area contributed by atoms with Crippen molar-refractivity contribution >= 4 is 28.3 Å². The molecule has 9 heteroatoms. The fourth-order valence-corrected chi connectivity index (χ4v) is 2.97. The number of aromatic nitrogens is 3. The summed E-state index contributed by atoms with van der Waals surface area (Å²) in [5.41, 5.74) is -0.264. The van der Waals surface area contributed by atoms with Crippen LogP contribution < -0.4 is 4.90 Å². The summed E-state index contributed by atoms with van der Waals surface area (Å²) in [7, 11) is 0. The first-order valence-corrected chi connectivity index (χ1v) is 7.15. The Morgan fingerprint density at radius 2 is 2.14 bits per heavy atom. The van der Waals surface area contributed by atoms with Crippen LogP contribution in [0.1, 0.15) is 6.42 Å². The molecule has 116 valence electrons. The van der Waals surface area contributed by atoms with Crippen molar-refractivity contribution in [1.29, 1.82) is 0 Å². The van der Waals surface area contributed by atoms with Crippen LogP contribution >= 0.6 is 11.6 Å². The molecule has 0 spiro atoms. The van der Waals surface area contributed by atoms with E-state index in [9.17, 15) is 13.2 Å². The van der Waals surface area contributed by atoms with Crippen LogP contribution in [-0.4, -0.2) is 46.4 Å². The number of fused-ring (bicyclic) bond motifs is 2. The number of anilines is 1. The summed E-state index contributed by atoms with van der Waals surface area (Å²) in [6.07, 6.45) is -0.914. The number of rotatable bonds is 1. The zero-order valence-electron chi connectivity index (χ0n) is 11.1. The summed E-state index contributed by atoms with van der Waals surface area (Å²) in [5.74, 6) is -0.803. The molecule has 22 heavy (non-hydrogen) atoms. The Morgan fingerprint density at radius 1 is 1.32 bits per heavy atom. The van der Waals surface area contributed by atoms with Gasteiger partial charge < -0.3 is 9.64 Å². The van der Waals surface area contributed by atoms with Gasteiger partial charge >= 0.3 is 6.08 Å². The van der Waals surface area contributed by atoms with Gasteiger partial charge in [0.25, 0.3) is 0 Å². The molecule has 0 bridgehead atoms. The normalized spacial score (nSPS) is 27.6. The van der Waals surface area contributed by atoms with Gasteiger partial charge in [-0.3, -0.25) is 0 Å². The Bertz CT molecular complexity index is 762. The van der Waals surface area contributed by atoms with Crippen LogP contribution in [-0.2, 0) is 4.74 Å². The van der Waals surface area contributed by atoms with Gasteiger partial charge in [-0.25, -0.2) is 13.8 Å². The predicted molar refractivity (Wildman–Crippen MR) is 72.6 cm³/mol. The van der Waals surface area contributed by atoms with Gasteiger partial charge in [-0.2, -0.15) is 14.4 Å². The average molecular weight is 331 g/mol. The fraction of sp³-hybridized carbons (Fsp3) is 0.462. The first-order valence-electron chi connectivity index (χ1n) is 6.77. The quantitative estimate of drug-likeness (QED) is 0.593. The summed E-state index contributed by atoms with van der Waals surface area (Å²) in [4.78, 5) is 12.5. The second-order valence-corrected chi connectivity index (χ2v) is 5.62. The Labute approximate surface area is 128 Å². The smallest absolute Gasteiger partial charge is 0.311 e. The maximum atomic E-state index is 14.0. The number of hydrogen-bond donors (Lipinski definition) is 0. The van der Waals surface area contributed by atoms with Crippen LogP contribution in [0, 0.1) is 11.9 Å². The lowest BCUT2D eigenvalue weighted by molar-refractivity contribution is 0.105. The highest BCUT2D eigenvalue weighted by atomic mass is 35.5. The molecule has 1 saturated carbocycles. The summed E-state index contributed by atoms with van der Waals surface area (Å²) < 4.78 is 46.9. The summed E-state index contributed by atoms with van der Waals surface area (Å²) in [6, 6.07) is -0.543. The number of pyridine rings is 1. The maximum absolute atomic E-state index is 14.0. The van der Waals surface area contributed by atoms with Gasteiger partial charge in [0.1, 0.15) is 17.4 Å². The molecule has 1 aliphatic carbocycles. The number of nitrogens with zero attached hydrogens (tertiary/aromatic N) is 4. The first-order chi connectivity index (χ1) is 10.6. The van der Waals surface area contributed by atoms with Gasteiger partial charge in [-0.15, -0.1) is 0 Å². The summed E-state index contributed by atoms with van der Waals surface area (Å²) >= 11 is 5.60. The molecule has 0 N–H and O–H groups in total. The minimum absolute atomic E-state index is 0.117. The van der Waals surface area contributed by atoms with Crippen molar-refractivity contribution in [3.63, 3.8) is 0 Å². The molecule has 3 heterocycles. The van der Waals surface area contributed by atoms with Crippen molar-refractivity contribution in [1.82, 2.24) is 15.0 Å². The first kappa shape index (κ1) is 14.0. The van der Waals surface area contributed by atoms with Crippen LogP contribution in [0.15, 0.2) is 6.20 Å². The average Bonchev–Trinajstić information content (AvgIpc) is 3.18. The van der Waals surface area contributed by atoms with Crippen molar-refractivity contribution < 1.29 is 17.9 Å². The SMILES string of the molecule is Fc1nc(N2CCCOC3C(F)C32)c2cnc(Cl)c(F)c2n1. The highest BCUT2D eigenvalue weighted by Crippen LogP contribution is 2.41.